The van der Waals surface area contributed by atoms with Gasteiger partial charge >= 0.3 is 0 Å². The van der Waals surface area contributed by atoms with Gasteiger partial charge in [0.1, 0.15) is 11.5 Å². The number of anilines is 1. The Kier molecular flexibility index (Phi) is 5.99. The van der Waals surface area contributed by atoms with E-state index in [-0.39, 0.29) is 35.6 Å². The van der Waals surface area contributed by atoms with E-state index < -0.39 is 0 Å². The summed E-state index contributed by atoms with van der Waals surface area (Å²) in [4.78, 5) is 32.0. The fraction of sp³-hybridized carbons (Fsp3) is 0.414. The van der Waals surface area contributed by atoms with Crippen LogP contribution in [0.4, 0.5) is 5.82 Å². The Bertz CT molecular complexity index is 1500. The van der Waals surface area contributed by atoms with Gasteiger partial charge in [0.05, 0.1) is 17.3 Å². The molecule has 1 aromatic carbocycles. The minimum absolute atomic E-state index is 0.0344. The molecule has 6 rings (SSSR count). The number of hydrogen-bond acceptors (Lipinski definition) is 5. The number of amides is 2. The molecule has 1 saturated heterocycles. The second-order valence-corrected chi connectivity index (χ2v) is 11.4. The first-order valence-electron chi connectivity index (χ1n) is 13.1. The normalized spacial score (nSPS) is 24.4. The molecule has 1 aliphatic heterocycles. The van der Waals surface area contributed by atoms with Crippen molar-refractivity contribution in [1.29, 1.82) is 5.26 Å². The molecule has 0 spiro atoms. The minimum atomic E-state index is -0.162. The molecule has 9 heteroatoms. The molecule has 3 aromatic rings. The molecule has 2 aromatic heterocycles. The lowest BCUT2D eigenvalue weighted by Crippen LogP contribution is -2.44. The molecular weight excluding hydrogens is 500 g/mol. The number of nitrogens with zero attached hydrogens (tertiary/aromatic N) is 5. The summed E-state index contributed by atoms with van der Waals surface area (Å²) in [5.41, 5.74) is 4.94. The standard InChI is InChI=1S/C29H29ClN6O2/c1-15-6-27(36-14-19-9-23(19)29(36)38)32-13-24(15)16(2)25-11-26(35(3)34-25)28(37)33-21-7-18(8-21)22-10-20(30)5-4-17(22)12-31/h4-6,10-11,13,16,18-19,21,23H,7-9,14H2,1-3H3,(H,33,37)/t16-,18-,19+,21+,23+/m0/s1. The van der Waals surface area contributed by atoms with Crippen LogP contribution in [0, 0.1) is 30.1 Å². The zero-order chi connectivity index (χ0) is 26.7. The largest absolute Gasteiger partial charge is 0.348 e. The summed E-state index contributed by atoms with van der Waals surface area (Å²) in [5.74, 6) is 1.59. The fourth-order valence-corrected chi connectivity index (χ4v) is 6.11. The lowest BCUT2D eigenvalue weighted by Gasteiger charge is -2.36. The topological polar surface area (TPSA) is 104 Å². The van der Waals surface area contributed by atoms with Crippen LogP contribution in [-0.4, -0.2) is 39.2 Å². The smallest absolute Gasteiger partial charge is 0.269 e. The molecule has 2 amide bonds. The fourth-order valence-electron chi connectivity index (χ4n) is 5.93. The predicted octanol–water partition coefficient (Wildman–Crippen LogP) is 4.46. The number of rotatable bonds is 6. The number of fused-ring (bicyclic) bond motifs is 1. The van der Waals surface area contributed by atoms with Crippen LogP contribution in [-0.2, 0) is 11.8 Å². The summed E-state index contributed by atoms with van der Waals surface area (Å²) < 4.78 is 1.62. The minimum Gasteiger partial charge on any atom is -0.348 e. The van der Waals surface area contributed by atoms with E-state index in [0.717, 1.165) is 54.0 Å². The zero-order valence-corrected chi connectivity index (χ0v) is 22.4. The van der Waals surface area contributed by atoms with E-state index in [1.54, 1.807) is 23.9 Å². The van der Waals surface area contributed by atoms with Crippen LogP contribution >= 0.6 is 11.6 Å². The molecule has 2 aliphatic carbocycles. The molecule has 194 valence electrons. The van der Waals surface area contributed by atoms with Gasteiger partial charge < -0.3 is 5.32 Å². The van der Waals surface area contributed by atoms with Gasteiger partial charge in [0, 0.05) is 42.7 Å². The Labute approximate surface area is 226 Å². The van der Waals surface area contributed by atoms with Crippen molar-refractivity contribution in [2.45, 2.75) is 51.0 Å². The molecule has 2 saturated carbocycles. The van der Waals surface area contributed by atoms with Crippen molar-refractivity contribution in [2.75, 3.05) is 11.4 Å². The summed E-state index contributed by atoms with van der Waals surface area (Å²) in [6.45, 7) is 4.85. The summed E-state index contributed by atoms with van der Waals surface area (Å²) >= 11 is 6.14. The van der Waals surface area contributed by atoms with Crippen molar-refractivity contribution in [3.8, 4) is 6.07 Å². The first kappa shape index (κ1) is 24.6. The van der Waals surface area contributed by atoms with E-state index >= 15 is 0 Å². The Hall–Kier alpha value is -3.70. The van der Waals surface area contributed by atoms with E-state index in [9.17, 15) is 14.9 Å². The number of carbonyl (C=O) groups excluding carboxylic acids is 2. The Balaban J connectivity index is 1.11. The van der Waals surface area contributed by atoms with Crippen molar-refractivity contribution < 1.29 is 9.59 Å². The van der Waals surface area contributed by atoms with Gasteiger partial charge in [-0.25, -0.2) is 4.98 Å². The highest BCUT2D eigenvalue weighted by Crippen LogP contribution is 2.47. The molecule has 38 heavy (non-hydrogen) atoms. The van der Waals surface area contributed by atoms with E-state index in [2.05, 4.69) is 28.4 Å². The number of nitriles is 1. The van der Waals surface area contributed by atoms with Crippen molar-refractivity contribution in [2.24, 2.45) is 18.9 Å². The zero-order valence-electron chi connectivity index (χ0n) is 21.6. The van der Waals surface area contributed by atoms with Crippen molar-refractivity contribution in [3.05, 3.63) is 75.2 Å². The molecule has 8 nitrogen and oxygen atoms in total. The van der Waals surface area contributed by atoms with Crippen molar-refractivity contribution >= 4 is 29.2 Å². The molecule has 0 radical (unpaired) electrons. The highest BCUT2D eigenvalue weighted by atomic mass is 35.5. The first-order valence-corrected chi connectivity index (χ1v) is 13.4. The number of piperidine rings is 1. The van der Waals surface area contributed by atoms with Gasteiger partial charge in [0.25, 0.3) is 5.91 Å². The van der Waals surface area contributed by atoms with Gasteiger partial charge in [-0.1, -0.05) is 18.5 Å². The van der Waals surface area contributed by atoms with E-state index in [0.29, 0.717) is 22.2 Å². The van der Waals surface area contributed by atoms with Gasteiger partial charge in [-0.15, -0.1) is 0 Å². The van der Waals surface area contributed by atoms with Crippen molar-refractivity contribution in [1.82, 2.24) is 20.1 Å². The molecule has 3 heterocycles. The molecule has 3 aliphatic rings. The SMILES string of the molecule is Cc1cc(N2C[C@H]3C[C@H]3C2=O)ncc1[C@H](C)c1cc(C(=O)N[C@H]2C[C@@H](c3cc(Cl)ccc3C#N)C2)n(C)n1. The summed E-state index contributed by atoms with van der Waals surface area (Å²) in [6.07, 6.45) is 4.38. The van der Waals surface area contributed by atoms with E-state index in [1.165, 1.54) is 0 Å². The predicted molar refractivity (Wildman–Crippen MR) is 143 cm³/mol. The lowest BCUT2D eigenvalue weighted by atomic mass is 9.74. The second kappa shape index (κ2) is 9.25. The summed E-state index contributed by atoms with van der Waals surface area (Å²) in [5, 5.41) is 17.8. The van der Waals surface area contributed by atoms with E-state index in [4.69, 9.17) is 11.6 Å². The second-order valence-electron chi connectivity index (χ2n) is 10.9. The van der Waals surface area contributed by atoms with Gasteiger partial charge in [-0.2, -0.15) is 10.4 Å². The number of pyridine rings is 1. The molecule has 0 bridgehead atoms. The lowest BCUT2D eigenvalue weighted by molar-refractivity contribution is -0.118. The van der Waals surface area contributed by atoms with Gasteiger partial charge in [0.15, 0.2) is 0 Å². The Morgan fingerprint density at radius 1 is 1.24 bits per heavy atom. The molecule has 3 fully saturated rings. The Morgan fingerprint density at radius 3 is 2.71 bits per heavy atom. The maximum atomic E-state index is 13.1. The number of halogens is 1. The number of carbonyl (C=O) groups is 2. The third-order valence-electron chi connectivity index (χ3n) is 8.42. The van der Waals surface area contributed by atoms with Crippen molar-refractivity contribution in [3.63, 3.8) is 0 Å². The number of benzene rings is 1. The number of aromatic nitrogens is 3. The number of nitrogens with one attached hydrogen (secondary N) is 1. The average Bonchev–Trinajstić information content (AvgIpc) is 3.43. The maximum Gasteiger partial charge on any atom is 0.269 e. The van der Waals surface area contributed by atoms with Gasteiger partial charge in [0.2, 0.25) is 5.91 Å². The Morgan fingerprint density at radius 2 is 2.03 bits per heavy atom. The maximum absolute atomic E-state index is 13.1. The third kappa shape index (κ3) is 4.25. The number of aryl methyl sites for hydroxylation is 2. The first-order chi connectivity index (χ1) is 18.2. The average molecular weight is 529 g/mol. The van der Waals surface area contributed by atoms with Crippen LogP contribution in [0.15, 0.2) is 36.5 Å². The third-order valence-corrected chi connectivity index (χ3v) is 8.66. The number of hydrogen-bond donors (Lipinski definition) is 1. The molecule has 1 N–H and O–H groups in total. The van der Waals surface area contributed by atoms with E-state index in [1.807, 2.05) is 36.2 Å². The summed E-state index contributed by atoms with van der Waals surface area (Å²) in [6, 6.07) is 11.4. The van der Waals surface area contributed by atoms with Crippen LogP contribution < -0.4 is 10.2 Å². The summed E-state index contributed by atoms with van der Waals surface area (Å²) in [7, 11) is 1.78. The van der Waals surface area contributed by atoms with Crippen LogP contribution in [0.5, 0.6) is 0 Å². The van der Waals surface area contributed by atoms with Crippen LogP contribution in [0.3, 0.4) is 0 Å². The van der Waals surface area contributed by atoms with Crippen LogP contribution in [0.2, 0.25) is 5.02 Å². The van der Waals surface area contributed by atoms with Crippen LogP contribution in [0.1, 0.15) is 76.5 Å². The molecule has 3 atom stereocenters. The highest BCUT2D eigenvalue weighted by molar-refractivity contribution is 6.30. The highest BCUT2D eigenvalue weighted by Gasteiger charge is 2.52. The monoisotopic (exact) mass is 528 g/mol. The quantitative estimate of drug-likeness (QED) is 0.508. The van der Waals surface area contributed by atoms with Gasteiger partial charge in [-0.05, 0) is 85.0 Å². The van der Waals surface area contributed by atoms with Crippen LogP contribution in [0.25, 0.3) is 0 Å². The molecular formula is C29H29ClN6O2. The molecule has 0 unspecified atom stereocenters. The van der Waals surface area contributed by atoms with Gasteiger partial charge in [-0.3, -0.25) is 19.2 Å².